The van der Waals surface area contributed by atoms with Gasteiger partial charge < -0.3 is 15.8 Å². The van der Waals surface area contributed by atoms with Crippen molar-refractivity contribution < 1.29 is 23.1 Å². The van der Waals surface area contributed by atoms with Crippen molar-refractivity contribution in [2.45, 2.75) is 16.4 Å². The van der Waals surface area contributed by atoms with Gasteiger partial charge in [0.1, 0.15) is 22.6 Å². The lowest BCUT2D eigenvalue weighted by atomic mass is 9.97. The summed E-state index contributed by atoms with van der Waals surface area (Å²) in [7, 11) is 0. The molecule has 2 aromatic rings. The molecule has 1 aromatic heterocycles. The van der Waals surface area contributed by atoms with E-state index < -0.39 is 39.3 Å². The number of hydrogen-bond acceptors (Lipinski definition) is 5. The predicted molar refractivity (Wildman–Crippen MR) is 132 cm³/mol. The molecule has 11 heteroatoms. The first-order valence-electron chi connectivity index (χ1n) is 10.1. The number of amides is 2. The van der Waals surface area contributed by atoms with Gasteiger partial charge in [0.15, 0.2) is 17.3 Å². The molecule has 1 aromatic carbocycles. The Balaban J connectivity index is 1.43. The summed E-state index contributed by atoms with van der Waals surface area (Å²) >= 11 is 8.03. The minimum atomic E-state index is -1.03. The molecular formula is C23H18ClF2IN4O3. The molecule has 1 aliphatic carbocycles. The average Bonchev–Trinajstić information content (AvgIpc) is 2.79. The number of nitrogen functional groups attached to an aromatic ring is 1. The zero-order valence-electron chi connectivity index (χ0n) is 17.4. The number of carbonyl (C=O) groups excluding carboxylic acids is 2. The van der Waals surface area contributed by atoms with Crippen molar-refractivity contribution in [1.29, 1.82) is 0 Å². The minimum absolute atomic E-state index is 0.0549. The lowest BCUT2D eigenvalue weighted by Crippen LogP contribution is -2.50. The van der Waals surface area contributed by atoms with Crippen LogP contribution in [-0.4, -0.2) is 26.8 Å². The number of ether oxygens (including phenoxy) is 1. The maximum Gasteiger partial charge on any atom is 0.245 e. The van der Waals surface area contributed by atoms with Crippen molar-refractivity contribution in [3.8, 4) is 5.75 Å². The van der Waals surface area contributed by atoms with Crippen LogP contribution in [0, 0.1) is 11.7 Å². The lowest BCUT2D eigenvalue weighted by Gasteiger charge is -2.31. The molecule has 3 atom stereocenters. The average molecular weight is 599 g/mol. The molecule has 2 aliphatic rings. The number of nitrogens with zero attached hydrogens (tertiary/aromatic N) is 2. The largest absolute Gasteiger partial charge is 0.453 e. The number of aromatic nitrogens is 1. The molecule has 3 unspecified atom stereocenters. The molecule has 176 valence electrons. The summed E-state index contributed by atoms with van der Waals surface area (Å²) in [5.74, 6) is -3.03. The van der Waals surface area contributed by atoms with Crippen LogP contribution in [0.15, 0.2) is 72.5 Å². The number of anilines is 2. The Morgan fingerprint density at radius 3 is 2.71 bits per heavy atom. The van der Waals surface area contributed by atoms with Gasteiger partial charge in [-0.15, -0.1) is 0 Å². The number of pyridine rings is 1. The highest BCUT2D eigenvalue weighted by molar-refractivity contribution is 14.1. The van der Waals surface area contributed by atoms with E-state index in [4.69, 9.17) is 22.1 Å². The van der Waals surface area contributed by atoms with Gasteiger partial charge in [-0.2, -0.15) is 0 Å². The second kappa shape index (κ2) is 10.1. The summed E-state index contributed by atoms with van der Waals surface area (Å²) in [4.78, 5) is 31.1. The van der Waals surface area contributed by atoms with Gasteiger partial charge in [0.05, 0.1) is 9.97 Å². The number of hydrogen-bond donors (Lipinski definition) is 2. The van der Waals surface area contributed by atoms with Gasteiger partial charge in [0.25, 0.3) is 0 Å². The van der Waals surface area contributed by atoms with Crippen LogP contribution in [0.4, 0.5) is 20.3 Å². The van der Waals surface area contributed by atoms with E-state index in [1.54, 1.807) is 12.3 Å². The molecule has 0 bridgehead atoms. The van der Waals surface area contributed by atoms with E-state index in [9.17, 15) is 18.4 Å². The van der Waals surface area contributed by atoms with Crippen molar-refractivity contribution in [3.63, 3.8) is 0 Å². The second-order valence-electron chi connectivity index (χ2n) is 7.49. The summed E-state index contributed by atoms with van der Waals surface area (Å²) in [5, 5.41) is 2.77. The third kappa shape index (κ3) is 5.07. The standard InChI is InChI=1S/C23H18ClF2IN4O3/c24-20-18(7-9-29-21(20)28)34-17-6-3-13(11-15(17)26)30-22(32)19-16(27)8-10-31(23(19)33)14-4-1-12(25)2-5-14/h1-2,4-11,13,16,19H,3H2,(H2,28,29)(H,30,32). The molecule has 3 N–H and O–H groups in total. The molecule has 34 heavy (non-hydrogen) atoms. The first-order chi connectivity index (χ1) is 16.2. The maximum absolute atomic E-state index is 14.7. The first kappa shape index (κ1) is 24.1. The first-order valence-corrected chi connectivity index (χ1v) is 11.7. The zero-order valence-corrected chi connectivity index (χ0v) is 20.3. The van der Waals surface area contributed by atoms with Crippen molar-refractivity contribution in [1.82, 2.24) is 10.3 Å². The predicted octanol–water partition coefficient (Wildman–Crippen LogP) is 4.44. The maximum atomic E-state index is 14.7. The topological polar surface area (TPSA) is 97.5 Å². The highest BCUT2D eigenvalue weighted by atomic mass is 127. The molecule has 1 aliphatic heterocycles. The van der Waals surface area contributed by atoms with Crippen LogP contribution in [-0.2, 0) is 9.59 Å². The molecule has 4 rings (SSSR count). The Bertz CT molecular complexity index is 1220. The third-order valence-corrected chi connectivity index (χ3v) is 6.71. The van der Waals surface area contributed by atoms with E-state index in [1.165, 1.54) is 53.6 Å². The summed E-state index contributed by atoms with van der Waals surface area (Å²) < 4.78 is 33.0. The van der Waals surface area contributed by atoms with Gasteiger partial charge >= 0.3 is 0 Å². The molecular weight excluding hydrogens is 581 g/mol. The Labute approximate surface area is 212 Å². The van der Waals surface area contributed by atoms with Gasteiger partial charge in [-0.25, -0.2) is 13.8 Å². The van der Waals surface area contributed by atoms with Crippen LogP contribution < -0.4 is 20.7 Å². The smallest absolute Gasteiger partial charge is 0.245 e. The van der Waals surface area contributed by atoms with Crippen LogP contribution in [0.2, 0.25) is 5.02 Å². The Kier molecular flexibility index (Phi) is 7.17. The fourth-order valence-corrected chi connectivity index (χ4v) is 4.44. The second-order valence-corrected chi connectivity index (χ2v) is 9.31. The van der Waals surface area contributed by atoms with E-state index in [0.717, 1.165) is 0 Å². The molecule has 0 spiro atoms. The third-order valence-electron chi connectivity index (χ3n) is 5.20. The quantitative estimate of drug-likeness (QED) is 0.301. The molecule has 0 radical (unpaired) electrons. The molecule has 2 amide bonds. The van der Waals surface area contributed by atoms with Gasteiger partial charge in [-0.05, 0) is 42.8 Å². The highest BCUT2D eigenvalue weighted by Crippen LogP contribution is 2.33. The van der Waals surface area contributed by atoms with Crippen molar-refractivity contribution in [2.24, 2.45) is 5.92 Å². The summed E-state index contributed by atoms with van der Waals surface area (Å²) in [6.45, 7) is 0. The molecule has 0 saturated carbocycles. The SMILES string of the molecule is Nc1nccc(OC2=CCC(NC(=O)C3C(=O)N(c4ccc(F)cc4)C=CC3I)C=C2F)c1Cl. The number of allylic oxidation sites excluding steroid dienone is 2. The monoisotopic (exact) mass is 598 g/mol. The van der Waals surface area contributed by atoms with E-state index in [0.29, 0.717) is 5.69 Å². The summed E-state index contributed by atoms with van der Waals surface area (Å²) in [6.07, 6.45) is 7.56. The molecule has 2 heterocycles. The summed E-state index contributed by atoms with van der Waals surface area (Å²) in [5.41, 5.74) is 6.07. The molecule has 0 saturated heterocycles. The van der Waals surface area contributed by atoms with Crippen molar-refractivity contribution in [2.75, 3.05) is 10.6 Å². The number of nitrogens with one attached hydrogen (secondary N) is 1. The van der Waals surface area contributed by atoms with E-state index in [-0.39, 0.29) is 28.8 Å². The Morgan fingerprint density at radius 1 is 1.26 bits per heavy atom. The van der Waals surface area contributed by atoms with Gasteiger partial charge in [-0.1, -0.05) is 40.3 Å². The number of benzene rings is 1. The van der Waals surface area contributed by atoms with E-state index in [1.807, 2.05) is 22.6 Å². The number of carbonyl (C=O) groups is 2. The van der Waals surface area contributed by atoms with Crippen LogP contribution in [0.5, 0.6) is 5.75 Å². The normalized spacial score (nSPS) is 22.2. The fraction of sp³-hybridized carbons (Fsp3) is 0.174. The van der Waals surface area contributed by atoms with E-state index in [2.05, 4.69) is 10.3 Å². The molecule has 7 nitrogen and oxygen atoms in total. The molecule has 0 fully saturated rings. The fourth-order valence-electron chi connectivity index (χ4n) is 3.47. The van der Waals surface area contributed by atoms with Crippen LogP contribution in [0.25, 0.3) is 0 Å². The Morgan fingerprint density at radius 2 is 2.00 bits per heavy atom. The lowest BCUT2D eigenvalue weighted by molar-refractivity contribution is -0.133. The Hall–Kier alpha value is -2.99. The number of alkyl halides is 1. The van der Waals surface area contributed by atoms with Crippen molar-refractivity contribution in [3.05, 3.63) is 83.4 Å². The highest BCUT2D eigenvalue weighted by Gasteiger charge is 2.39. The number of rotatable bonds is 5. The van der Waals surface area contributed by atoms with Crippen molar-refractivity contribution >= 4 is 57.5 Å². The van der Waals surface area contributed by atoms with Crippen LogP contribution in [0.1, 0.15) is 6.42 Å². The van der Waals surface area contributed by atoms with Gasteiger partial charge in [0.2, 0.25) is 11.8 Å². The van der Waals surface area contributed by atoms with Gasteiger partial charge in [-0.3, -0.25) is 14.5 Å². The zero-order chi connectivity index (χ0) is 24.4. The minimum Gasteiger partial charge on any atom is -0.453 e. The van der Waals surface area contributed by atoms with Gasteiger partial charge in [0, 0.05) is 24.2 Å². The van der Waals surface area contributed by atoms with Crippen LogP contribution in [0.3, 0.4) is 0 Å². The number of halogens is 4. The van der Waals surface area contributed by atoms with Crippen LogP contribution >= 0.6 is 34.2 Å². The van der Waals surface area contributed by atoms with E-state index >= 15 is 0 Å². The number of nitrogens with two attached hydrogens (primary N) is 1. The summed E-state index contributed by atoms with van der Waals surface area (Å²) in [6, 6.07) is 6.14.